The highest BCUT2D eigenvalue weighted by molar-refractivity contribution is 8.00. The molecule has 1 fully saturated rings. The SMILES string of the molecule is CCN(CC)CC.Nc1ccn([C@H]2CS[C@@H](CO)O2)c(=O)n1.O=C(O)c1ccccc1O. The predicted molar refractivity (Wildman–Crippen MR) is 125 cm³/mol. The molecule has 1 aliphatic heterocycles. The van der Waals surface area contributed by atoms with Gasteiger partial charge in [0.1, 0.15) is 28.8 Å². The molecule has 0 bridgehead atoms. The third-order valence-corrected chi connectivity index (χ3v) is 5.63. The normalized spacial score (nSPS) is 17.2. The number of nitrogen functional groups attached to an aromatic ring is 1. The van der Waals surface area contributed by atoms with Crippen LogP contribution in [0.15, 0.2) is 41.3 Å². The molecule has 1 aromatic heterocycles. The summed E-state index contributed by atoms with van der Waals surface area (Å²) in [4.78, 5) is 27.7. The fourth-order valence-electron chi connectivity index (χ4n) is 2.66. The summed E-state index contributed by atoms with van der Waals surface area (Å²) in [6, 6.07) is 7.35. The molecule has 32 heavy (non-hydrogen) atoms. The smallest absolute Gasteiger partial charge is 0.351 e. The number of ether oxygens (including phenoxy) is 1. The van der Waals surface area contributed by atoms with E-state index in [4.69, 9.17) is 25.8 Å². The third-order valence-electron chi connectivity index (χ3n) is 4.52. The largest absolute Gasteiger partial charge is 0.507 e. The predicted octanol–water partition coefficient (Wildman–Crippen LogP) is 1.84. The summed E-state index contributed by atoms with van der Waals surface area (Å²) in [6.45, 7) is 10.1. The fraction of sp³-hybridized carbons (Fsp3) is 0.476. The molecule has 0 unspecified atom stereocenters. The molecular weight excluding hydrogens is 436 g/mol. The summed E-state index contributed by atoms with van der Waals surface area (Å²) in [5, 5.41) is 26.2. The van der Waals surface area contributed by atoms with Gasteiger partial charge >= 0.3 is 11.7 Å². The van der Waals surface area contributed by atoms with Crippen LogP contribution in [-0.4, -0.2) is 73.2 Å². The van der Waals surface area contributed by atoms with Crippen LogP contribution in [-0.2, 0) is 4.74 Å². The van der Waals surface area contributed by atoms with E-state index in [1.807, 2.05) is 0 Å². The molecule has 2 heterocycles. The Morgan fingerprint density at radius 1 is 1.25 bits per heavy atom. The molecule has 178 valence electrons. The zero-order chi connectivity index (χ0) is 24.1. The van der Waals surface area contributed by atoms with Gasteiger partial charge in [-0.05, 0) is 37.8 Å². The van der Waals surface area contributed by atoms with E-state index in [-0.39, 0.29) is 35.4 Å². The van der Waals surface area contributed by atoms with Crippen LogP contribution in [0.5, 0.6) is 5.75 Å². The van der Waals surface area contributed by atoms with Gasteiger partial charge in [-0.3, -0.25) is 4.57 Å². The van der Waals surface area contributed by atoms with E-state index in [2.05, 4.69) is 30.7 Å². The van der Waals surface area contributed by atoms with Crippen molar-refractivity contribution in [2.45, 2.75) is 32.4 Å². The second-order valence-corrected chi connectivity index (χ2v) is 7.71. The minimum Gasteiger partial charge on any atom is -0.507 e. The van der Waals surface area contributed by atoms with E-state index in [0.717, 1.165) is 0 Å². The molecule has 5 N–H and O–H groups in total. The van der Waals surface area contributed by atoms with Gasteiger partial charge in [-0.15, -0.1) is 11.8 Å². The highest BCUT2D eigenvalue weighted by Crippen LogP contribution is 2.30. The van der Waals surface area contributed by atoms with Crippen molar-refractivity contribution in [3.05, 3.63) is 52.6 Å². The van der Waals surface area contributed by atoms with Crippen molar-refractivity contribution in [1.82, 2.24) is 14.5 Å². The van der Waals surface area contributed by atoms with E-state index >= 15 is 0 Å². The first-order valence-electron chi connectivity index (χ1n) is 10.2. The van der Waals surface area contributed by atoms with Crippen LogP contribution >= 0.6 is 11.8 Å². The number of thioether (sulfide) groups is 1. The Labute approximate surface area is 191 Å². The fourth-order valence-corrected chi connectivity index (χ4v) is 3.59. The van der Waals surface area contributed by atoms with Gasteiger partial charge in [0.2, 0.25) is 0 Å². The van der Waals surface area contributed by atoms with Crippen molar-refractivity contribution in [1.29, 1.82) is 0 Å². The van der Waals surface area contributed by atoms with Crippen LogP contribution in [0.4, 0.5) is 5.82 Å². The van der Waals surface area contributed by atoms with Gasteiger partial charge in [0.05, 0.1) is 6.61 Å². The average molecular weight is 469 g/mol. The van der Waals surface area contributed by atoms with Crippen molar-refractivity contribution in [2.75, 3.05) is 37.7 Å². The quantitative estimate of drug-likeness (QED) is 0.494. The van der Waals surface area contributed by atoms with Crippen molar-refractivity contribution in [2.24, 2.45) is 0 Å². The number of aliphatic hydroxyl groups excluding tert-OH is 1. The molecule has 11 heteroatoms. The van der Waals surface area contributed by atoms with Crippen LogP contribution in [0, 0.1) is 0 Å². The topological polar surface area (TPSA) is 151 Å². The summed E-state index contributed by atoms with van der Waals surface area (Å²) in [6.07, 6.45) is 1.18. The maximum absolute atomic E-state index is 11.4. The number of carboxylic acids is 1. The lowest BCUT2D eigenvalue weighted by atomic mass is 10.2. The summed E-state index contributed by atoms with van der Waals surface area (Å²) in [7, 11) is 0. The second-order valence-electron chi connectivity index (χ2n) is 6.52. The number of para-hydroxylation sites is 1. The van der Waals surface area contributed by atoms with Gasteiger partial charge in [0.15, 0.2) is 0 Å². The monoisotopic (exact) mass is 468 g/mol. The van der Waals surface area contributed by atoms with Gasteiger partial charge in [-0.1, -0.05) is 32.9 Å². The minimum atomic E-state index is -1.11. The lowest BCUT2D eigenvalue weighted by molar-refractivity contribution is -0.00629. The molecule has 0 saturated carbocycles. The van der Waals surface area contributed by atoms with Crippen LogP contribution in [0.1, 0.15) is 37.4 Å². The Balaban J connectivity index is 0.000000262. The number of aromatic nitrogens is 2. The number of rotatable bonds is 6. The Hall–Kier alpha value is -2.60. The maximum Gasteiger partial charge on any atom is 0.351 e. The van der Waals surface area contributed by atoms with Gasteiger partial charge in [-0.25, -0.2) is 9.59 Å². The molecule has 3 rings (SSSR count). The number of hydrogen-bond donors (Lipinski definition) is 4. The zero-order valence-corrected chi connectivity index (χ0v) is 19.4. The summed E-state index contributed by atoms with van der Waals surface area (Å²) < 4.78 is 6.79. The van der Waals surface area contributed by atoms with Crippen molar-refractivity contribution in [3.8, 4) is 5.75 Å². The standard InChI is InChI=1S/C8H11N3O3S.C7H6O3.C6H15N/c9-5-1-2-11(8(13)10-5)6-4-15-7(3-12)14-6;8-6-4-2-1-3-5(6)7(9)10;1-4-7(5-2)6-3/h1-2,6-7,12H,3-4H2,(H2,9,10,13);1-4,8H,(H,9,10);4-6H2,1-3H3/t6-,7+;;/m1../s1. The molecule has 1 aromatic carbocycles. The Morgan fingerprint density at radius 2 is 1.88 bits per heavy atom. The first kappa shape index (κ1) is 27.4. The molecule has 0 amide bonds. The van der Waals surface area contributed by atoms with E-state index in [1.54, 1.807) is 24.4 Å². The number of nitrogens with two attached hydrogens (primary N) is 1. The number of aromatic hydroxyl groups is 1. The van der Waals surface area contributed by atoms with Crippen LogP contribution < -0.4 is 11.4 Å². The molecule has 1 aliphatic rings. The number of aromatic carboxylic acids is 1. The molecule has 10 nitrogen and oxygen atoms in total. The first-order valence-corrected chi connectivity index (χ1v) is 11.3. The summed E-state index contributed by atoms with van der Waals surface area (Å²) in [5.41, 5.74) is 4.61. The van der Waals surface area contributed by atoms with Gasteiger partial charge < -0.3 is 30.7 Å². The number of benzene rings is 1. The molecule has 0 spiro atoms. The number of anilines is 1. The molecule has 2 atom stereocenters. The van der Waals surface area contributed by atoms with E-state index in [0.29, 0.717) is 5.75 Å². The van der Waals surface area contributed by atoms with Crippen LogP contribution in [0.3, 0.4) is 0 Å². The lowest BCUT2D eigenvalue weighted by Crippen LogP contribution is -2.28. The van der Waals surface area contributed by atoms with Gasteiger partial charge in [0, 0.05) is 11.9 Å². The molecule has 2 aromatic rings. The van der Waals surface area contributed by atoms with Crippen LogP contribution in [0.25, 0.3) is 0 Å². The molecule has 1 saturated heterocycles. The highest BCUT2D eigenvalue weighted by atomic mass is 32.2. The second kappa shape index (κ2) is 14.5. The van der Waals surface area contributed by atoms with Crippen molar-refractivity contribution < 1.29 is 24.9 Å². The number of hydrogen-bond acceptors (Lipinski definition) is 9. The first-order chi connectivity index (χ1) is 15.3. The van der Waals surface area contributed by atoms with E-state index in [1.165, 1.54) is 48.1 Å². The van der Waals surface area contributed by atoms with E-state index < -0.39 is 11.7 Å². The highest BCUT2D eigenvalue weighted by Gasteiger charge is 2.27. The van der Waals surface area contributed by atoms with Crippen LogP contribution in [0.2, 0.25) is 0 Å². The number of aliphatic hydroxyl groups is 1. The Morgan fingerprint density at radius 3 is 2.28 bits per heavy atom. The zero-order valence-electron chi connectivity index (χ0n) is 18.5. The minimum absolute atomic E-state index is 0.0572. The number of carboxylic acid groups (broad SMARTS) is 1. The van der Waals surface area contributed by atoms with Gasteiger partial charge in [-0.2, -0.15) is 4.98 Å². The average Bonchev–Trinajstić information content (AvgIpc) is 3.25. The van der Waals surface area contributed by atoms with Crippen molar-refractivity contribution in [3.63, 3.8) is 0 Å². The van der Waals surface area contributed by atoms with E-state index in [9.17, 15) is 9.59 Å². The number of carbonyl (C=O) groups is 1. The maximum atomic E-state index is 11.4. The lowest BCUT2D eigenvalue weighted by Gasteiger charge is -2.13. The number of nitrogens with zero attached hydrogens (tertiary/aromatic N) is 3. The Kier molecular flexibility index (Phi) is 12.4. The molecule has 0 radical (unpaired) electrons. The molecule has 0 aliphatic carbocycles. The van der Waals surface area contributed by atoms with Crippen molar-refractivity contribution >= 4 is 23.5 Å². The third kappa shape index (κ3) is 8.87. The number of phenols is 1. The summed E-state index contributed by atoms with van der Waals surface area (Å²) >= 11 is 1.47. The Bertz CT molecular complexity index is 885. The van der Waals surface area contributed by atoms with Gasteiger partial charge in [0.25, 0.3) is 0 Å². The summed E-state index contributed by atoms with van der Waals surface area (Å²) in [5.74, 6) is -0.495. The molecular formula is C21H32N4O6S.